The maximum absolute atomic E-state index is 12.3. The highest BCUT2D eigenvalue weighted by Gasteiger charge is 2.27. The number of hydrogen-bond donors (Lipinski definition) is 6. The summed E-state index contributed by atoms with van der Waals surface area (Å²) in [5.74, 6) is -0.715. The highest BCUT2D eigenvalue weighted by molar-refractivity contribution is 5.79. The van der Waals surface area contributed by atoms with Crippen LogP contribution < -0.4 is 27.0 Å². The van der Waals surface area contributed by atoms with E-state index in [1.807, 2.05) is 6.92 Å². The highest BCUT2D eigenvalue weighted by Crippen LogP contribution is 2.21. The van der Waals surface area contributed by atoms with Crippen LogP contribution in [0, 0.1) is 5.41 Å². The molecule has 1 heterocycles. The van der Waals surface area contributed by atoms with Crippen molar-refractivity contribution in [3.63, 3.8) is 0 Å². The van der Waals surface area contributed by atoms with Crippen LogP contribution in [-0.2, 0) is 9.59 Å². The summed E-state index contributed by atoms with van der Waals surface area (Å²) in [6, 6.07) is 0. The number of carboxylic acids is 1. The Balaban J connectivity index is 2.49. The zero-order valence-electron chi connectivity index (χ0n) is 16.3. The quantitative estimate of drug-likeness (QED) is 0.362. The van der Waals surface area contributed by atoms with E-state index in [0.29, 0.717) is 19.3 Å². The first-order valence-electron chi connectivity index (χ1n) is 9.58. The van der Waals surface area contributed by atoms with Crippen molar-refractivity contribution in [2.24, 2.45) is 11.1 Å². The number of aliphatic carboxylic acids is 1. The molecule has 0 aromatic rings. The Bertz CT molecular complexity index is 425. The average molecular weight is 372 g/mol. The highest BCUT2D eigenvalue weighted by atomic mass is 16.4. The Labute approximate surface area is 157 Å². The summed E-state index contributed by atoms with van der Waals surface area (Å²) in [5.41, 5.74) is 5.78. The van der Waals surface area contributed by atoms with Gasteiger partial charge in [-0.1, -0.05) is 6.92 Å². The molecule has 0 atom stereocenters. The lowest BCUT2D eigenvalue weighted by molar-refractivity contribution is -0.137. The molecular formula is C18H37N5O3. The van der Waals surface area contributed by atoms with Crippen LogP contribution in [-0.4, -0.2) is 74.8 Å². The summed E-state index contributed by atoms with van der Waals surface area (Å²) in [6.07, 6.45) is 1.25. The number of ketones is 1. The van der Waals surface area contributed by atoms with Crippen molar-refractivity contribution in [2.75, 3.05) is 52.4 Å². The van der Waals surface area contributed by atoms with Gasteiger partial charge in [-0.2, -0.15) is 0 Å². The summed E-state index contributed by atoms with van der Waals surface area (Å²) in [4.78, 5) is 22.8. The standard InChI is InChI=1S/C18H37N5O3/c1-17(10-15(24)4-3-5-16(25)26)11-20-6-8-22-13-18(2,19)14-23-9-7-21-12-17/h20-23H,3-14,19H2,1-2H3,(H,25,26). The zero-order chi connectivity index (χ0) is 19.5. The van der Waals surface area contributed by atoms with Crippen molar-refractivity contribution < 1.29 is 14.7 Å². The number of nitrogens with one attached hydrogen (secondary N) is 4. The number of hydrogen-bond acceptors (Lipinski definition) is 7. The Kier molecular flexibility index (Phi) is 10.3. The van der Waals surface area contributed by atoms with Crippen LogP contribution in [0.2, 0.25) is 0 Å². The Hall–Kier alpha value is -1.06. The second-order valence-corrected chi connectivity index (χ2v) is 8.13. The molecule has 0 saturated carbocycles. The van der Waals surface area contributed by atoms with E-state index in [2.05, 4.69) is 28.2 Å². The molecule has 0 aromatic carbocycles. The molecule has 8 nitrogen and oxygen atoms in total. The van der Waals surface area contributed by atoms with E-state index >= 15 is 0 Å². The monoisotopic (exact) mass is 371 g/mol. The lowest BCUT2D eigenvalue weighted by Gasteiger charge is -2.31. The molecule has 0 aromatic heterocycles. The fraction of sp³-hybridized carbons (Fsp3) is 0.889. The first-order chi connectivity index (χ1) is 12.2. The van der Waals surface area contributed by atoms with E-state index in [0.717, 1.165) is 52.4 Å². The third-order valence-corrected chi connectivity index (χ3v) is 4.59. The molecule has 0 spiro atoms. The zero-order valence-corrected chi connectivity index (χ0v) is 16.3. The minimum atomic E-state index is -0.848. The van der Waals surface area contributed by atoms with Crippen molar-refractivity contribution >= 4 is 11.8 Å². The lowest BCUT2D eigenvalue weighted by atomic mass is 9.83. The smallest absolute Gasteiger partial charge is 0.303 e. The number of rotatable bonds is 6. The summed E-state index contributed by atoms with van der Waals surface area (Å²) in [6.45, 7) is 10.4. The Morgan fingerprint density at radius 3 is 1.81 bits per heavy atom. The van der Waals surface area contributed by atoms with Gasteiger partial charge in [0.25, 0.3) is 0 Å². The van der Waals surface area contributed by atoms with Gasteiger partial charge in [0.05, 0.1) is 0 Å². The van der Waals surface area contributed by atoms with Gasteiger partial charge in [0, 0.05) is 77.2 Å². The summed E-state index contributed by atoms with van der Waals surface area (Å²) in [5, 5.41) is 22.3. The van der Waals surface area contributed by atoms with Crippen molar-refractivity contribution in [3.05, 3.63) is 0 Å². The molecule has 7 N–H and O–H groups in total. The number of carbonyl (C=O) groups excluding carboxylic acids is 1. The largest absolute Gasteiger partial charge is 0.481 e. The van der Waals surface area contributed by atoms with Crippen LogP contribution >= 0.6 is 0 Å². The number of carbonyl (C=O) groups is 2. The second-order valence-electron chi connectivity index (χ2n) is 8.13. The third-order valence-electron chi connectivity index (χ3n) is 4.59. The minimum Gasteiger partial charge on any atom is -0.481 e. The van der Waals surface area contributed by atoms with Gasteiger partial charge in [0.2, 0.25) is 0 Å². The molecule has 0 bridgehead atoms. The molecule has 1 saturated heterocycles. The van der Waals surface area contributed by atoms with E-state index in [9.17, 15) is 9.59 Å². The molecular weight excluding hydrogens is 334 g/mol. The lowest BCUT2D eigenvalue weighted by Crippen LogP contribution is -2.55. The number of Topliss-reactive ketones (excluding diaryl/α,β-unsaturated/α-hetero) is 1. The van der Waals surface area contributed by atoms with Crippen LogP contribution in [0.1, 0.15) is 39.5 Å². The van der Waals surface area contributed by atoms with Crippen molar-refractivity contribution in [2.45, 2.75) is 45.1 Å². The van der Waals surface area contributed by atoms with Crippen LogP contribution in [0.5, 0.6) is 0 Å². The van der Waals surface area contributed by atoms with Crippen LogP contribution in [0.3, 0.4) is 0 Å². The van der Waals surface area contributed by atoms with Gasteiger partial charge >= 0.3 is 5.97 Å². The first kappa shape index (κ1) is 23.0. The van der Waals surface area contributed by atoms with Gasteiger partial charge < -0.3 is 32.1 Å². The number of carboxylic acid groups (broad SMARTS) is 1. The molecule has 152 valence electrons. The molecule has 0 aliphatic carbocycles. The van der Waals surface area contributed by atoms with Gasteiger partial charge in [0.15, 0.2) is 0 Å². The molecule has 1 aliphatic heterocycles. The van der Waals surface area contributed by atoms with E-state index in [1.54, 1.807) is 0 Å². The van der Waals surface area contributed by atoms with Crippen molar-refractivity contribution in [3.8, 4) is 0 Å². The fourth-order valence-electron chi connectivity index (χ4n) is 3.13. The van der Waals surface area contributed by atoms with Gasteiger partial charge in [0.1, 0.15) is 5.78 Å². The van der Waals surface area contributed by atoms with Crippen LogP contribution in [0.4, 0.5) is 0 Å². The SMILES string of the molecule is CC1(N)CNCCNCC(C)(CC(=O)CCCC(=O)O)CNCCNC1. The Morgan fingerprint density at radius 2 is 1.35 bits per heavy atom. The Morgan fingerprint density at radius 1 is 0.885 bits per heavy atom. The molecule has 26 heavy (non-hydrogen) atoms. The van der Waals surface area contributed by atoms with Crippen LogP contribution in [0.15, 0.2) is 0 Å². The normalized spacial score (nSPS) is 29.7. The van der Waals surface area contributed by atoms with Crippen LogP contribution in [0.25, 0.3) is 0 Å². The molecule has 8 heteroatoms. The van der Waals surface area contributed by atoms with E-state index in [-0.39, 0.29) is 23.2 Å². The summed E-state index contributed by atoms with van der Waals surface area (Å²) >= 11 is 0. The molecule has 0 radical (unpaired) electrons. The maximum Gasteiger partial charge on any atom is 0.303 e. The second kappa shape index (κ2) is 11.6. The molecule has 1 aliphatic rings. The average Bonchev–Trinajstić information content (AvgIpc) is 2.53. The van der Waals surface area contributed by atoms with Gasteiger partial charge in [-0.05, 0) is 18.8 Å². The minimum absolute atomic E-state index is 0.0519. The van der Waals surface area contributed by atoms with E-state index in [1.165, 1.54) is 0 Å². The van der Waals surface area contributed by atoms with Gasteiger partial charge in [-0.3, -0.25) is 9.59 Å². The predicted octanol–water partition coefficient (Wildman–Crippen LogP) is -0.704. The molecule has 0 amide bonds. The molecule has 0 unspecified atom stereocenters. The molecule has 1 rings (SSSR count). The third kappa shape index (κ3) is 10.8. The topological polar surface area (TPSA) is 129 Å². The predicted molar refractivity (Wildman–Crippen MR) is 103 cm³/mol. The van der Waals surface area contributed by atoms with Crippen molar-refractivity contribution in [1.82, 2.24) is 21.3 Å². The van der Waals surface area contributed by atoms with Crippen molar-refractivity contribution in [1.29, 1.82) is 0 Å². The fourth-order valence-corrected chi connectivity index (χ4v) is 3.13. The van der Waals surface area contributed by atoms with E-state index in [4.69, 9.17) is 10.8 Å². The number of nitrogens with two attached hydrogens (primary N) is 1. The summed E-state index contributed by atoms with van der Waals surface area (Å²) < 4.78 is 0. The van der Waals surface area contributed by atoms with Gasteiger partial charge in [-0.25, -0.2) is 0 Å². The molecule has 1 fully saturated rings. The maximum atomic E-state index is 12.3. The first-order valence-corrected chi connectivity index (χ1v) is 9.58. The summed E-state index contributed by atoms with van der Waals surface area (Å²) in [7, 11) is 0. The van der Waals surface area contributed by atoms with Gasteiger partial charge in [-0.15, -0.1) is 0 Å². The van der Waals surface area contributed by atoms with E-state index < -0.39 is 5.97 Å².